The Morgan fingerprint density at radius 3 is 2.33 bits per heavy atom. The highest BCUT2D eigenvalue weighted by atomic mass is 35.5. The largest absolute Gasteiger partial charge is 0.417 e. The quantitative estimate of drug-likeness (QED) is 0.431. The molecule has 2 amide bonds. The van der Waals surface area contributed by atoms with Gasteiger partial charge in [0.15, 0.2) is 0 Å². The van der Waals surface area contributed by atoms with Crippen molar-refractivity contribution < 1.29 is 31.2 Å². The van der Waals surface area contributed by atoms with Gasteiger partial charge in [-0.15, -0.1) is 0 Å². The predicted molar refractivity (Wildman–Crippen MR) is 145 cm³/mol. The number of alkyl halides is 3. The third kappa shape index (κ3) is 8.11. The standard InChI is InChI=1S/C27H33ClF3N3O4S/c1-18-9-7-8-10-20(18)16-33(19(2)26(36)32-21-11-5-4-6-12-21)25(35)17-34(39(3,37)38)22-13-14-24(28)23(15-22)27(29,30)31/h7-10,13-15,19,21H,4-6,11-12,16-17H2,1-3H3,(H,32,36)/t19-/m0/s1. The fourth-order valence-electron chi connectivity index (χ4n) is 4.62. The van der Waals surface area contributed by atoms with E-state index in [0.29, 0.717) is 10.4 Å². The molecule has 214 valence electrons. The SMILES string of the molecule is Cc1ccccc1CN(C(=O)CN(c1ccc(Cl)c(C(F)(F)F)c1)S(C)(=O)=O)[C@@H](C)C(=O)NC1CCCCC1. The zero-order valence-electron chi connectivity index (χ0n) is 22.1. The molecule has 1 fully saturated rings. The molecule has 1 saturated carbocycles. The summed E-state index contributed by atoms with van der Waals surface area (Å²) in [7, 11) is -4.20. The van der Waals surface area contributed by atoms with E-state index in [1.165, 1.54) is 4.90 Å². The topological polar surface area (TPSA) is 86.8 Å². The van der Waals surface area contributed by atoms with Crippen LogP contribution >= 0.6 is 11.6 Å². The maximum Gasteiger partial charge on any atom is 0.417 e. The second kappa shape index (κ2) is 12.6. The van der Waals surface area contributed by atoms with Crippen LogP contribution in [0.15, 0.2) is 42.5 Å². The number of hydrogen-bond donors (Lipinski definition) is 1. The van der Waals surface area contributed by atoms with Gasteiger partial charge in [-0.2, -0.15) is 13.2 Å². The van der Waals surface area contributed by atoms with Crippen molar-refractivity contribution in [1.29, 1.82) is 0 Å². The van der Waals surface area contributed by atoms with E-state index < -0.39 is 45.3 Å². The van der Waals surface area contributed by atoms with Crippen LogP contribution in [0.1, 0.15) is 55.7 Å². The number of hydrogen-bond acceptors (Lipinski definition) is 4. The minimum Gasteiger partial charge on any atom is -0.352 e. The van der Waals surface area contributed by atoms with E-state index in [1.807, 2.05) is 19.1 Å². The number of rotatable bonds is 9. The molecule has 0 aromatic heterocycles. The summed E-state index contributed by atoms with van der Waals surface area (Å²) in [5.74, 6) is -1.11. The number of sulfonamides is 1. The van der Waals surface area contributed by atoms with E-state index in [0.717, 1.165) is 61.6 Å². The van der Waals surface area contributed by atoms with Crippen LogP contribution in [0.5, 0.6) is 0 Å². The summed E-state index contributed by atoms with van der Waals surface area (Å²) in [6.45, 7) is 2.62. The van der Waals surface area contributed by atoms with Gasteiger partial charge in [0.05, 0.1) is 22.5 Å². The van der Waals surface area contributed by atoms with Crippen LogP contribution in [0.4, 0.5) is 18.9 Å². The molecule has 2 aromatic rings. The van der Waals surface area contributed by atoms with Crippen LogP contribution in [0.25, 0.3) is 0 Å². The molecule has 1 N–H and O–H groups in total. The lowest BCUT2D eigenvalue weighted by molar-refractivity contribution is -0.139. The van der Waals surface area contributed by atoms with E-state index in [9.17, 15) is 31.2 Å². The molecule has 1 atom stereocenters. The second-order valence-electron chi connectivity index (χ2n) is 9.90. The summed E-state index contributed by atoms with van der Waals surface area (Å²) in [6, 6.07) is 8.93. The molecule has 0 bridgehead atoms. The minimum absolute atomic E-state index is 0.00788. The van der Waals surface area contributed by atoms with Gasteiger partial charge in [-0.3, -0.25) is 13.9 Å². The van der Waals surface area contributed by atoms with Gasteiger partial charge in [-0.05, 0) is 56.0 Å². The number of aryl methyl sites for hydroxylation is 1. The maximum absolute atomic E-state index is 13.7. The highest BCUT2D eigenvalue weighted by Crippen LogP contribution is 2.37. The van der Waals surface area contributed by atoms with E-state index >= 15 is 0 Å². The van der Waals surface area contributed by atoms with Crippen molar-refractivity contribution in [3.05, 3.63) is 64.2 Å². The van der Waals surface area contributed by atoms with Gasteiger partial charge < -0.3 is 10.2 Å². The molecule has 0 unspecified atom stereocenters. The first-order valence-corrected chi connectivity index (χ1v) is 14.9. The van der Waals surface area contributed by atoms with E-state index in [1.54, 1.807) is 19.1 Å². The van der Waals surface area contributed by atoms with Gasteiger partial charge >= 0.3 is 6.18 Å². The van der Waals surface area contributed by atoms with Gasteiger partial charge in [0.2, 0.25) is 21.8 Å². The highest BCUT2D eigenvalue weighted by molar-refractivity contribution is 7.92. The monoisotopic (exact) mass is 587 g/mol. The first-order chi connectivity index (χ1) is 18.2. The van der Waals surface area contributed by atoms with E-state index in [2.05, 4.69) is 5.32 Å². The lowest BCUT2D eigenvalue weighted by atomic mass is 9.95. The number of anilines is 1. The molecule has 2 aromatic carbocycles. The molecule has 0 aliphatic heterocycles. The van der Waals surface area contributed by atoms with Crippen molar-refractivity contribution in [2.75, 3.05) is 17.1 Å². The van der Waals surface area contributed by atoms with Crippen molar-refractivity contribution in [3.8, 4) is 0 Å². The Kier molecular flexibility index (Phi) is 9.93. The second-order valence-corrected chi connectivity index (χ2v) is 12.2. The molecular formula is C27H33ClF3N3O4S. The van der Waals surface area contributed by atoms with Crippen LogP contribution in [0, 0.1) is 6.92 Å². The molecule has 1 aliphatic carbocycles. The van der Waals surface area contributed by atoms with Crippen LogP contribution in [0.3, 0.4) is 0 Å². The third-order valence-corrected chi connectivity index (χ3v) is 8.41. The fourth-order valence-corrected chi connectivity index (χ4v) is 5.69. The summed E-state index contributed by atoms with van der Waals surface area (Å²) in [5.41, 5.74) is 0.0279. The lowest BCUT2D eigenvalue weighted by Gasteiger charge is -2.33. The van der Waals surface area contributed by atoms with Crippen molar-refractivity contribution >= 4 is 39.1 Å². The van der Waals surface area contributed by atoms with Gasteiger partial charge in [-0.1, -0.05) is 55.1 Å². The van der Waals surface area contributed by atoms with Gasteiger partial charge in [0.1, 0.15) is 12.6 Å². The number of nitrogens with one attached hydrogen (secondary N) is 1. The Hall–Kier alpha value is -2.79. The Morgan fingerprint density at radius 2 is 1.74 bits per heavy atom. The Balaban J connectivity index is 1.94. The number of amides is 2. The van der Waals surface area contributed by atoms with Crippen LogP contribution < -0.4 is 9.62 Å². The fraction of sp³-hybridized carbons (Fsp3) is 0.481. The number of halogens is 4. The Labute approximate surface area is 232 Å². The first kappa shape index (κ1) is 30.7. The van der Waals surface area contributed by atoms with Gasteiger partial charge in [0, 0.05) is 12.6 Å². The molecule has 3 rings (SSSR count). The minimum atomic E-state index is -4.83. The van der Waals surface area contributed by atoms with Crippen LogP contribution in [-0.4, -0.2) is 50.0 Å². The molecule has 0 heterocycles. The Bertz CT molecular complexity index is 1300. The molecule has 7 nitrogen and oxygen atoms in total. The number of carbonyl (C=O) groups is 2. The summed E-state index contributed by atoms with van der Waals surface area (Å²) in [5, 5.41) is 2.40. The average Bonchev–Trinajstić information content (AvgIpc) is 2.86. The first-order valence-electron chi connectivity index (χ1n) is 12.7. The van der Waals surface area contributed by atoms with E-state index in [4.69, 9.17) is 11.6 Å². The molecule has 0 spiro atoms. The third-order valence-electron chi connectivity index (χ3n) is 6.94. The summed E-state index contributed by atoms with van der Waals surface area (Å²) >= 11 is 5.71. The Morgan fingerprint density at radius 1 is 1.10 bits per heavy atom. The van der Waals surface area contributed by atoms with Gasteiger partial charge in [0.25, 0.3) is 0 Å². The summed E-state index contributed by atoms with van der Waals surface area (Å²) < 4.78 is 66.4. The average molecular weight is 588 g/mol. The molecule has 0 radical (unpaired) electrons. The normalized spacial score (nSPS) is 15.5. The molecule has 0 saturated heterocycles. The molecule has 12 heteroatoms. The zero-order valence-corrected chi connectivity index (χ0v) is 23.7. The number of benzene rings is 2. The number of carbonyl (C=O) groups excluding carboxylic acids is 2. The van der Waals surface area contributed by atoms with Crippen LogP contribution in [0.2, 0.25) is 5.02 Å². The van der Waals surface area contributed by atoms with Crippen molar-refractivity contribution in [1.82, 2.24) is 10.2 Å². The van der Waals surface area contributed by atoms with Gasteiger partial charge in [-0.25, -0.2) is 8.42 Å². The molecule has 1 aliphatic rings. The van der Waals surface area contributed by atoms with Crippen molar-refractivity contribution in [2.45, 2.75) is 70.8 Å². The smallest absolute Gasteiger partial charge is 0.352 e. The molecular weight excluding hydrogens is 555 g/mol. The summed E-state index contributed by atoms with van der Waals surface area (Å²) in [6.07, 6.45) is 0.733. The number of nitrogens with zero attached hydrogens (tertiary/aromatic N) is 2. The van der Waals surface area contributed by atoms with Crippen molar-refractivity contribution in [3.63, 3.8) is 0 Å². The van der Waals surface area contributed by atoms with Crippen LogP contribution in [-0.2, 0) is 32.3 Å². The van der Waals surface area contributed by atoms with E-state index in [-0.39, 0.29) is 24.2 Å². The maximum atomic E-state index is 13.7. The predicted octanol–water partition coefficient (Wildman–Crippen LogP) is 5.30. The summed E-state index contributed by atoms with van der Waals surface area (Å²) in [4.78, 5) is 28.1. The van der Waals surface area contributed by atoms with Crippen molar-refractivity contribution in [2.24, 2.45) is 0 Å². The highest BCUT2D eigenvalue weighted by Gasteiger charge is 2.36. The zero-order chi connectivity index (χ0) is 29.0. The lowest BCUT2D eigenvalue weighted by Crippen LogP contribution is -2.53. The molecule has 39 heavy (non-hydrogen) atoms.